The lowest BCUT2D eigenvalue weighted by molar-refractivity contribution is 0.0531. The number of ether oxygens (including phenoxy) is 1. The Morgan fingerprint density at radius 1 is 1.32 bits per heavy atom. The van der Waals surface area contributed by atoms with E-state index in [1.54, 1.807) is 30.8 Å². The molecule has 0 saturated heterocycles. The standard InChI is InChI=1S/C17H17N3O3S2/c1-3-23-17(22)14-9(2)13-15(18)19-12(20-16(13)25-14)8-24-11-6-4-10(21)5-7-11/h4-7,21H,3,8H2,1-2H3,(H2,18,19,20). The molecular formula is C17H17N3O3S2. The number of nitrogens with zero attached hydrogens (tertiary/aromatic N) is 2. The van der Waals surface area contributed by atoms with Crippen LogP contribution in [0.15, 0.2) is 29.2 Å². The number of carbonyl (C=O) groups is 1. The van der Waals surface area contributed by atoms with E-state index in [1.165, 1.54) is 11.3 Å². The third-order valence-corrected chi connectivity index (χ3v) is 5.70. The van der Waals surface area contributed by atoms with Gasteiger partial charge in [-0.3, -0.25) is 0 Å². The first kappa shape index (κ1) is 17.5. The van der Waals surface area contributed by atoms with Gasteiger partial charge in [-0.25, -0.2) is 14.8 Å². The summed E-state index contributed by atoms with van der Waals surface area (Å²) in [5.41, 5.74) is 6.85. The van der Waals surface area contributed by atoms with Gasteiger partial charge >= 0.3 is 5.97 Å². The number of phenolic OH excluding ortho intramolecular Hbond substituents is 1. The number of hydrogen-bond donors (Lipinski definition) is 2. The van der Waals surface area contributed by atoms with Crippen LogP contribution in [0.4, 0.5) is 5.82 Å². The van der Waals surface area contributed by atoms with E-state index >= 15 is 0 Å². The Morgan fingerprint density at radius 3 is 2.72 bits per heavy atom. The fourth-order valence-electron chi connectivity index (χ4n) is 2.36. The van der Waals surface area contributed by atoms with Gasteiger partial charge in [0.25, 0.3) is 0 Å². The number of thioether (sulfide) groups is 1. The summed E-state index contributed by atoms with van der Waals surface area (Å²) in [6, 6.07) is 6.93. The molecule has 0 bridgehead atoms. The number of phenols is 1. The van der Waals surface area contributed by atoms with Crippen LogP contribution >= 0.6 is 23.1 Å². The quantitative estimate of drug-likeness (QED) is 0.517. The van der Waals surface area contributed by atoms with Crippen molar-refractivity contribution < 1.29 is 14.6 Å². The van der Waals surface area contributed by atoms with Crippen LogP contribution < -0.4 is 5.73 Å². The van der Waals surface area contributed by atoms with Crippen molar-refractivity contribution in [2.24, 2.45) is 0 Å². The summed E-state index contributed by atoms with van der Waals surface area (Å²) in [6.45, 7) is 3.92. The van der Waals surface area contributed by atoms with E-state index in [4.69, 9.17) is 10.5 Å². The monoisotopic (exact) mass is 375 g/mol. The first-order chi connectivity index (χ1) is 12.0. The van der Waals surface area contributed by atoms with Gasteiger partial charge < -0.3 is 15.6 Å². The number of anilines is 1. The molecule has 0 spiro atoms. The number of fused-ring (bicyclic) bond motifs is 1. The van der Waals surface area contributed by atoms with E-state index in [2.05, 4.69) is 9.97 Å². The zero-order chi connectivity index (χ0) is 18.0. The molecule has 0 aliphatic heterocycles. The topological polar surface area (TPSA) is 98.3 Å². The van der Waals surface area contributed by atoms with Crippen molar-refractivity contribution >= 4 is 45.1 Å². The van der Waals surface area contributed by atoms with Gasteiger partial charge in [0.2, 0.25) is 0 Å². The number of thiophene rings is 1. The van der Waals surface area contributed by atoms with Gasteiger partial charge in [0.15, 0.2) is 0 Å². The maximum atomic E-state index is 12.0. The molecule has 3 aromatic rings. The molecule has 0 aliphatic rings. The maximum Gasteiger partial charge on any atom is 0.348 e. The molecule has 8 heteroatoms. The Bertz CT molecular complexity index is 923. The van der Waals surface area contributed by atoms with Crippen molar-refractivity contribution in [3.05, 3.63) is 40.5 Å². The first-order valence-corrected chi connectivity index (χ1v) is 9.44. The van der Waals surface area contributed by atoms with Gasteiger partial charge in [-0.15, -0.1) is 23.1 Å². The van der Waals surface area contributed by atoms with Crippen LogP contribution in [-0.4, -0.2) is 27.7 Å². The predicted molar refractivity (Wildman–Crippen MR) is 100 cm³/mol. The molecule has 2 heterocycles. The van der Waals surface area contributed by atoms with Gasteiger partial charge in [-0.2, -0.15) is 0 Å². The Hall–Kier alpha value is -2.32. The normalized spacial score (nSPS) is 11.0. The minimum absolute atomic E-state index is 0.229. The number of esters is 1. The van der Waals surface area contributed by atoms with Gasteiger partial charge in [0, 0.05) is 4.90 Å². The number of aryl methyl sites for hydroxylation is 1. The summed E-state index contributed by atoms with van der Waals surface area (Å²) in [7, 11) is 0. The minimum Gasteiger partial charge on any atom is -0.508 e. The van der Waals surface area contributed by atoms with E-state index in [1.807, 2.05) is 19.1 Å². The fourth-order valence-corrected chi connectivity index (χ4v) is 4.22. The second-order valence-electron chi connectivity index (χ2n) is 5.26. The molecule has 1 aromatic carbocycles. The molecule has 0 amide bonds. The molecule has 3 N–H and O–H groups in total. The Kier molecular flexibility index (Phi) is 5.10. The number of hydrogen-bond acceptors (Lipinski definition) is 8. The van der Waals surface area contributed by atoms with Crippen LogP contribution in [-0.2, 0) is 10.5 Å². The van der Waals surface area contributed by atoms with E-state index in [0.29, 0.717) is 39.1 Å². The van der Waals surface area contributed by atoms with Crippen molar-refractivity contribution in [2.45, 2.75) is 24.5 Å². The second kappa shape index (κ2) is 7.28. The highest BCUT2D eigenvalue weighted by atomic mass is 32.2. The number of nitrogens with two attached hydrogens (primary N) is 1. The largest absolute Gasteiger partial charge is 0.508 e. The highest BCUT2D eigenvalue weighted by Crippen LogP contribution is 2.34. The molecular weight excluding hydrogens is 358 g/mol. The molecule has 3 rings (SSSR count). The first-order valence-electron chi connectivity index (χ1n) is 7.64. The van der Waals surface area contributed by atoms with Crippen LogP contribution in [0.2, 0.25) is 0 Å². The van der Waals surface area contributed by atoms with Crippen LogP contribution in [0.25, 0.3) is 10.2 Å². The number of nitrogen functional groups attached to an aromatic ring is 1. The summed E-state index contributed by atoms with van der Waals surface area (Å²) in [5, 5.41) is 10.0. The lowest BCUT2D eigenvalue weighted by Crippen LogP contribution is -2.03. The van der Waals surface area contributed by atoms with Crippen LogP contribution in [0.1, 0.15) is 28.0 Å². The van der Waals surface area contributed by atoms with E-state index in [0.717, 1.165) is 10.5 Å². The summed E-state index contributed by atoms with van der Waals surface area (Å²) in [4.78, 5) is 23.2. The average molecular weight is 375 g/mol. The fraction of sp³-hybridized carbons (Fsp3) is 0.235. The molecule has 0 atom stereocenters. The molecule has 25 heavy (non-hydrogen) atoms. The second-order valence-corrected chi connectivity index (χ2v) is 7.31. The number of carbonyl (C=O) groups excluding carboxylic acids is 1. The summed E-state index contributed by atoms with van der Waals surface area (Å²) < 4.78 is 5.08. The number of rotatable bonds is 5. The van der Waals surface area contributed by atoms with Crippen molar-refractivity contribution in [3.8, 4) is 5.75 Å². The molecule has 2 aromatic heterocycles. The molecule has 130 valence electrons. The molecule has 6 nitrogen and oxygen atoms in total. The summed E-state index contributed by atoms with van der Waals surface area (Å²) in [5.74, 6) is 1.38. The Balaban J connectivity index is 1.88. The van der Waals surface area contributed by atoms with Crippen molar-refractivity contribution in [3.63, 3.8) is 0 Å². The number of aromatic hydroxyl groups is 1. The van der Waals surface area contributed by atoms with Crippen molar-refractivity contribution in [2.75, 3.05) is 12.3 Å². The highest BCUT2D eigenvalue weighted by molar-refractivity contribution is 7.98. The molecule has 0 fully saturated rings. The highest BCUT2D eigenvalue weighted by Gasteiger charge is 2.20. The minimum atomic E-state index is -0.359. The maximum absolute atomic E-state index is 12.0. The summed E-state index contributed by atoms with van der Waals surface area (Å²) >= 11 is 2.82. The van der Waals surface area contributed by atoms with Crippen LogP contribution in [0.3, 0.4) is 0 Å². The Morgan fingerprint density at radius 2 is 2.04 bits per heavy atom. The van der Waals surface area contributed by atoms with E-state index in [9.17, 15) is 9.90 Å². The van der Waals surface area contributed by atoms with E-state index < -0.39 is 0 Å². The SMILES string of the molecule is CCOC(=O)c1sc2nc(CSc3ccc(O)cc3)nc(N)c2c1C. The predicted octanol–water partition coefficient (Wildman–Crippen LogP) is 3.76. The van der Waals surface area contributed by atoms with Crippen LogP contribution in [0.5, 0.6) is 5.75 Å². The Labute approximate surface area is 153 Å². The molecule has 0 saturated carbocycles. The zero-order valence-electron chi connectivity index (χ0n) is 13.8. The lowest BCUT2D eigenvalue weighted by atomic mass is 10.2. The van der Waals surface area contributed by atoms with Crippen molar-refractivity contribution in [1.29, 1.82) is 0 Å². The van der Waals surface area contributed by atoms with Gasteiger partial charge in [0.05, 0.1) is 17.7 Å². The lowest BCUT2D eigenvalue weighted by Gasteiger charge is -2.04. The third kappa shape index (κ3) is 3.69. The molecule has 0 aliphatic carbocycles. The van der Waals surface area contributed by atoms with Gasteiger partial charge in [-0.1, -0.05) is 0 Å². The zero-order valence-corrected chi connectivity index (χ0v) is 15.4. The van der Waals surface area contributed by atoms with E-state index in [-0.39, 0.29) is 11.7 Å². The summed E-state index contributed by atoms with van der Waals surface area (Å²) in [6.07, 6.45) is 0. The third-order valence-electron chi connectivity index (χ3n) is 3.53. The average Bonchev–Trinajstić information content (AvgIpc) is 2.92. The van der Waals surface area contributed by atoms with Crippen LogP contribution in [0, 0.1) is 6.92 Å². The van der Waals surface area contributed by atoms with Gasteiger partial charge in [-0.05, 0) is 43.7 Å². The smallest absolute Gasteiger partial charge is 0.348 e. The number of aromatic nitrogens is 2. The van der Waals surface area contributed by atoms with Crippen molar-refractivity contribution in [1.82, 2.24) is 9.97 Å². The van der Waals surface area contributed by atoms with Gasteiger partial charge in [0.1, 0.15) is 27.1 Å². The molecule has 0 radical (unpaired) electrons. The number of benzene rings is 1. The molecule has 0 unspecified atom stereocenters.